The van der Waals surface area contributed by atoms with Crippen LogP contribution in [-0.2, 0) is 25.3 Å². The van der Waals surface area contributed by atoms with E-state index in [0.717, 1.165) is 0 Å². The standard InChI is InChI=1S/C28H26N2O10S/c1-27(36)15-10-7-11-16(40-41(38,39)13-8-5-4-6-9-13)17(15)23(32)18-19(27)24(33)20-21(30(2)3)22(31)14(12-29)25(34)28(20,37)26(18)35/h4-11,19-21,24,32-34,36-37H,1-3H3/t19-,20+,21-,24-,27+,28+/m0/s1. The minimum absolute atomic E-state index is 0.109. The average molecular weight is 583 g/mol. The van der Waals surface area contributed by atoms with E-state index in [2.05, 4.69) is 0 Å². The van der Waals surface area contributed by atoms with Crippen molar-refractivity contribution in [2.45, 2.75) is 35.2 Å². The van der Waals surface area contributed by atoms with Gasteiger partial charge in [0.05, 0.1) is 40.7 Å². The maximum Gasteiger partial charge on any atom is 0.339 e. The number of ketones is 2. The zero-order chi connectivity index (χ0) is 30.2. The third kappa shape index (κ3) is 3.76. The van der Waals surface area contributed by atoms with E-state index >= 15 is 0 Å². The van der Waals surface area contributed by atoms with Gasteiger partial charge < -0.3 is 29.7 Å². The van der Waals surface area contributed by atoms with E-state index < -0.39 is 90.8 Å². The Labute approximate surface area is 234 Å². The molecule has 0 unspecified atom stereocenters. The summed E-state index contributed by atoms with van der Waals surface area (Å²) in [7, 11) is -1.64. The number of carbonyl (C=O) groups is 2. The number of nitrogens with zero attached hydrogens (tertiary/aromatic N) is 2. The number of aliphatic hydroxyl groups is 5. The number of aliphatic hydroxyl groups excluding tert-OH is 3. The summed E-state index contributed by atoms with van der Waals surface area (Å²) in [6.45, 7) is 1.21. The zero-order valence-electron chi connectivity index (χ0n) is 22.0. The minimum Gasteiger partial charge on any atom is -0.507 e. The lowest BCUT2D eigenvalue weighted by Gasteiger charge is -2.55. The normalized spacial score (nSPS) is 31.4. The molecule has 3 aliphatic rings. The van der Waals surface area contributed by atoms with Crippen molar-refractivity contribution in [1.29, 1.82) is 5.26 Å². The summed E-state index contributed by atoms with van der Waals surface area (Å²) in [5.74, 6) is -8.43. The summed E-state index contributed by atoms with van der Waals surface area (Å²) in [6, 6.07) is 11.0. The first-order valence-corrected chi connectivity index (χ1v) is 13.8. The molecule has 0 amide bonds. The topological polar surface area (TPSA) is 206 Å². The second-order valence-electron chi connectivity index (χ2n) is 10.6. The third-order valence-corrected chi connectivity index (χ3v) is 9.36. The van der Waals surface area contributed by atoms with Crippen molar-refractivity contribution in [2.24, 2.45) is 11.8 Å². The predicted molar refractivity (Wildman–Crippen MR) is 141 cm³/mol. The Hall–Kier alpha value is -4.06. The number of hydrogen-bond donors (Lipinski definition) is 5. The largest absolute Gasteiger partial charge is 0.507 e. The van der Waals surface area contributed by atoms with Crippen molar-refractivity contribution in [3.05, 3.63) is 76.6 Å². The number of hydrogen-bond acceptors (Lipinski definition) is 12. The summed E-state index contributed by atoms with van der Waals surface area (Å²) in [6.07, 6.45) is -1.94. The third-order valence-electron chi connectivity index (χ3n) is 8.12. The maximum absolute atomic E-state index is 14.1. The molecule has 0 heterocycles. The van der Waals surface area contributed by atoms with Crippen molar-refractivity contribution in [3.63, 3.8) is 0 Å². The van der Waals surface area contributed by atoms with Crippen LogP contribution in [-0.4, -0.2) is 82.3 Å². The van der Waals surface area contributed by atoms with Gasteiger partial charge in [0.2, 0.25) is 5.78 Å². The van der Waals surface area contributed by atoms with E-state index in [1.54, 1.807) is 6.07 Å². The Morgan fingerprint density at radius 3 is 2.24 bits per heavy atom. The van der Waals surface area contributed by atoms with E-state index in [1.165, 1.54) is 74.5 Å². The fraction of sp³-hybridized carbons (Fsp3) is 0.321. The molecule has 1 saturated carbocycles. The first kappa shape index (κ1) is 28.5. The fourth-order valence-corrected chi connectivity index (χ4v) is 7.24. The molecule has 214 valence electrons. The number of Topliss-reactive ketones (excluding diaryl/α,β-unsaturated/α-hetero) is 2. The molecule has 0 aliphatic heterocycles. The molecule has 0 saturated heterocycles. The number of benzene rings is 2. The Kier molecular flexibility index (Phi) is 6.41. The van der Waals surface area contributed by atoms with Gasteiger partial charge in [-0.25, -0.2) is 0 Å². The van der Waals surface area contributed by atoms with Gasteiger partial charge >= 0.3 is 10.1 Å². The van der Waals surface area contributed by atoms with Gasteiger partial charge in [-0.2, -0.15) is 13.7 Å². The number of likely N-dealkylation sites (N-methyl/N-ethyl adjacent to an activating group) is 1. The number of carbonyl (C=O) groups excluding carboxylic acids is 2. The number of fused-ring (bicyclic) bond motifs is 3. The average Bonchev–Trinajstić information content (AvgIpc) is 2.91. The van der Waals surface area contributed by atoms with E-state index in [0.29, 0.717) is 0 Å². The molecule has 0 spiro atoms. The molecule has 2 aromatic carbocycles. The Morgan fingerprint density at radius 2 is 1.66 bits per heavy atom. The molecule has 12 nitrogen and oxygen atoms in total. The van der Waals surface area contributed by atoms with Crippen molar-refractivity contribution < 1.29 is 47.7 Å². The number of nitriles is 1. The molecule has 0 bridgehead atoms. The van der Waals surface area contributed by atoms with Crippen LogP contribution < -0.4 is 4.18 Å². The maximum atomic E-state index is 14.1. The van der Waals surface area contributed by atoms with E-state index in [1.807, 2.05) is 0 Å². The molecule has 2 aromatic rings. The second-order valence-corrected chi connectivity index (χ2v) is 12.2. The lowest BCUT2D eigenvalue weighted by Crippen LogP contribution is -2.71. The summed E-state index contributed by atoms with van der Waals surface area (Å²) in [4.78, 5) is 28.2. The molecule has 1 fully saturated rings. The summed E-state index contributed by atoms with van der Waals surface area (Å²) < 4.78 is 31.3. The molecular formula is C28H26N2O10S. The Bertz CT molecular complexity index is 1700. The minimum atomic E-state index is -4.46. The van der Waals surface area contributed by atoms with Crippen LogP contribution in [0.25, 0.3) is 5.76 Å². The molecule has 0 aromatic heterocycles. The molecule has 3 aliphatic carbocycles. The number of rotatable bonds is 4. The quantitative estimate of drug-likeness (QED) is 0.316. The smallest absolute Gasteiger partial charge is 0.339 e. The second kappa shape index (κ2) is 9.23. The lowest BCUT2D eigenvalue weighted by atomic mass is 9.53. The monoisotopic (exact) mass is 582 g/mol. The Morgan fingerprint density at radius 1 is 1.02 bits per heavy atom. The fourth-order valence-electron chi connectivity index (χ4n) is 6.28. The van der Waals surface area contributed by atoms with Crippen molar-refractivity contribution in [3.8, 4) is 11.8 Å². The lowest BCUT2D eigenvalue weighted by molar-refractivity contribution is -0.181. The van der Waals surface area contributed by atoms with Gasteiger partial charge in [0.25, 0.3) is 0 Å². The first-order chi connectivity index (χ1) is 19.1. The van der Waals surface area contributed by atoms with Crippen LogP contribution in [0.4, 0.5) is 0 Å². The molecule has 6 atom stereocenters. The van der Waals surface area contributed by atoms with Crippen LogP contribution in [0, 0.1) is 23.2 Å². The van der Waals surface area contributed by atoms with Gasteiger partial charge in [-0.05, 0) is 44.8 Å². The van der Waals surface area contributed by atoms with E-state index in [4.69, 9.17) is 4.18 Å². The van der Waals surface area contributed by atoms with Gasteiger partial charge in [0.1, 0.15) is 22.3 Å². The predicted octanol–water partition coefficient (Wildman–Crippen LogP) is 0.700. The van der Waals surface area contributed by atoms with Gasteiger partial charge in [-0.1, -0.05) is 30.3 Å². The van der Waals surface area contributed by atoms with Crippen molar-refractivity contribution in [2.75, 3.05) is 14.1 Å². The summed E-state index contributed by atoms with van der Waals surface area (Å²) in [5.41, 5.74) is -7.39. The van der Waals surface area contributed by atoms with Crippen LogP contribution in [0.3, 0.4) is 0 Å². The Balaban J connectivity index is 1.77. The molecule has 0 radical (unpaired) electrons. The highest BCUT2D eigenvalue weighted by molar-refractivity contribution is 7.87. The van der Waals surface area contributed by atoms with Crippen LogP contribution >= 0.6 is 0 Å². The zero-order valence-corrected chi connectivity index (χ0v) is 22.8. The van der Waals surface area contributed by atoms with E-state index in [9.17, 15) is 48.8 Å². The highest BCUT2D eigenvalue weighted by atomic mass is 32.2. The van der Waals surface area contributed by atoms with Gasteiger partial charge in [0.15, 0.2) is 22.9 Å². The van der Waals surface area contributed by atoms with E-state index in [-0.39, 0.29) is 10.5 Å². The summed E-state index contributed by atoms with van der Waals surface area (Å²) >= 11 is 0. The van der Waals surface area contributed by atoms with Gasteiger partial charge in [-0.3, -0.25) is 14.5 Å². The molecular weight excluding hydrogens is 556 g/mol. The van der Waals surface area contributed by atoms with Crippen molar-refractivity contribution >= 4 is 27.4 Å². The first-order valence-electron chi connectivity index (χ1n) is 12.4. The molecule has 41 heavy (non-hydrogen) atoms. The van der Waals surface area contributed by atoms with Crippen molar-refractivity contribution in [1.82, 2.24) is 4.90 Å². The van der Waals surface area contributed by atoms with Gasteiger partial charge in [0, 0.05) is 0 Å². The van der Waals surface area contributed by atoms with Crippen LogP contribution in [0.2, 0.25) is 0 Å². The SMILES string of the molecule is CN(C)[C@@H]1C(=O)C(C#N)=C(O)[C@@]2(O)C(=O)C3=C(O)c4c(OS(=O)(=O)c5ccccc5)cccc4[C@@](C)(O)[C@@H]3[C@H](O)[C@@H]12. The van der Waals surface area contributed by atoms with Gasteiger partial charge in [-0.15, -0.1) is 0 Å². The molecule has 13 heteroatoms. The highest BCUT2D eigenvalue weighted by Gasteiger charge is 2.69. The molecule has 5 rings (SSSR count). The molecule has 5 N–H and O–H groups in total. The summed E-state index contributed by atoms with van der Waals surface area (Å²) in [5, 5.41) is 67.1. The highest BCUT2D eigenvalue weighted by Crippen LogP contribution is 2.57. The van der Waals surface area contributed by atoms with Crippen LogP contribution in [0.5, 0.6) is 5.75 Å². The van der Waals surface area contributed by atoms with Crippen LogP contribution in [0.15, 0.2) is 70.3 Å². The van der Waals surface area contributed by atoms with Crippen LogP contribution in [0.1, 0.15) is 18.1 Å².